The summed E-state index contributed by atoms with van der Waals surface area (Å²) in [6, 6.07) is 10.8. The fourth-order valence-electron chi connectivity index (χ4n) is 3.20. The Morgan fingerprint density at radius 3 is 2.31 bits per heavy atom. The third-order valence-electron chi connectivity index (χ3n) is 4.45. The number of nitrogens with zero attached hydrogens (tertiary/aromatic N) is 2. The predicted molar refractivity (Wildman–Crippen MR) is 120 cm³/mol. The highest BCUT2D eigenvalue weighted by Gasteiger charge is 2.34. The molecule has 0 unspecified atom stereocenters. The molecule has 8 heteroatoms. The normalized spacial score (nSPS) is 11.6. The van der Waals surface area contributed by atoms with Crippen molar-refractivity contribution in [2.75, 3.05) is 29.9 Å². The van der Waals surface area contributed by atoms with E-state index in [0.717, 1.165) is 6.07 Å². The van der Waals surface area contributed by atoms with E-state index < -0.39 is 17.4 Å². The van der Waals surface area contributed by atoms with Gasteiger partial charge in [0.15, 0.2) is 5.69 Å². The molecule has 0 aliphatic carbocycles. The number of benzene rings is 2. The van der Waals surface area contributed by atoms with Crippen molar-refractivity contribution in [1.29, 1.82) is 0 Å². The molecule has 0 saturated carbocycles. The van der Waals surface area contributed by atoms with Gasteiger partial charge in [0, 0.05) is 31.4 Å². The molecule has 172 valence electrons. The lowest BCUT2D eigenvalue weighted by atomic mass is 9.95. The minimum absolute atomic E-state index is 0.142. The van der Waals surface area contributed by atoms with Gasteiger partial charge in [0.2, 0.25) is 5.91 Å². The summed E-state index contributed by atoms with van der Waals surface area (Å²) in [6.07, 6.45) is -3.99. The molecule has 5 nitrogen and oxygen atoms in total. The molecule has 0 radical (unpaired) electrons. The maximum absolute atomic E-state index is 13.4. The van der Waals surface area contributed by atoms with Crippen LogP contribution in [0.2, 0.25) is 0 Å². The van der Waals surface area contributed by atoms with Gasteiger partial charge in [-0.2, -0.15) is 13.2 Å². The van der Waals surface area contributed by atoms with Gasteiger partial charge in [0.05, 0.1) is 18.7 Å². The first-order chi connectivity index (χ1) is 14.9. The van der Waals surface area contributed by atoms with Gasteiger partial charge in [-0.25, -0.2) is 4.85 Å². The second-order valence-corrected chi connectivity index (χ2v) is 8.70. The zero-order chi connectivity index (χ0) is 23.9. The van der Waals surface area contributed by atoms with Crippen molar-refractivity contribution >= 4 is 23.0 Å². The smallest absolute Gasteiger partial charge is 0.407 e. The molecular weight excluding hydrogens is 419 g/mol. The van der Waals surface area contributed by atoms with Crippen LogP contribution in [0.5, 0.6) is 5.75 Å². The van der Waals surface area contributed by atoms with Gasteiger partial charge in [-0.3, -0.25) is 4.79 Å². The van der Waals surface area contributed by atoms with Gasteiger partial charge in [-0.15, -0.1) is 0 Å². The highest BCUT2D eigenvalue weighted by atomic mass is 19.4. The van der Waals surface area contributed by atoms with Crippen LogP contribution in [0, 0.1) is 12.0 Å². The maximum Gasteiger partial charge on any atom is 0.407 e. The van der Waals surface area contributed by atoms with Gasteiger partial charge >= 0.3 is 6.18 Å². The van der Waals surface area contributed by atoms with Crippen molar-refractivity contribution in [3.8, 4) is 5.75 Å². The van der Waals surface area contributed by atoms with Crippen LogP contribution in [0.1, 0.15) is 39.7 Å². The SMILES string of the molecule is [C-]#[N+]c1ccc(N(CCCOc2ccc(NC(C)=O)cc2)CC(C)(C)C)cc1C(F)(F)F. The van der Waals surface area contributed by atoms with Crippen molar-refractivity contribution in [1.82, 2.24) is 0 Å². The summed E-state index contributed by atoms with van der Waals surface area (Å²) in [5.74, 6) is 0.484. The average molecular weight is 448 g/mol. The Labute approximate surface area is 187 Å². The molecule has 1 amide bonds. The first-order valence-electron chi connectivity index (χ1n) is 10.2. The van der Waals surface area contributed by atoms with Crippen LogP contribution in [-0.4, -0.2) is 25.6 Å². The van der Waals surface area contributed by atoms with Crippen molar-refractivity contribution in [2.24, 2.45) is 5.41 Å². The molecule has 0 saturated heterocycles. The molecule has 0 bridgehead atoms. The number of anilines is 2. The molecule has 0 atom stereocenters. The van der Waals surface area contributed by atoms with E-state index in [1.54, 1.807) is 30.3 Å². The van der Waals surface area contributed by atoms with Gasteiger partial charge < -0.3 is 15.0 Å². The summed E-state index contributed by atoms with van der Waals surface area (Å²) >= 11 is 0. The van der Waals surface area contributed by atoms with Crippen molar-refractivity contribution < 1.29 is 22.7 Å². The number of rotatable bonds is 8. The Kier molecular flexibility index (Phi) is 8.14. The third kappa shape index (κ3) is 7.80. The standard InChI is InChI=1S/C24H28F3N3O2/c1-17(31)29-18-7-10-20(11-8-18)32-14-6-13-30(16-23(2,3)4)19-9-12-22(28-5)21(15-19)24(25,26)27/h7-12,15H,6,13-14,16H2,1-4H3,(H,29,31). The van der Waals surface area contributed by atoms with Crippen LogP contribution < -0.4 is 15.0 Å². The molecule has 2 aromatic carbocycles. The number of nitrogens with one attached hydrogen (secondary N) is 1. The highest BCUT2D eigenvalue weighted by Crippen LogP contribution is 2.39. The summed E-state index contributed by atoms with van der Waals surface area (Å²) in [7, 11) is 0. The Morgan fingerprint density at radius 2 is 1.78 bits per heavy atom. The van der Waals surface area contributed by atoms with Crippen molar-refractivity contribution in [3.05, 3.63) is 59.4 Å². The van der Waals surface area contributed by atoms with Crippen LogP contribution in [0.15, 0.2) is 42.5 Å². The molecule has 0 aliphatic heterocycles. The number of carbonyl (C=O) groups is 1. The molecule has 0 fully saturated rings. The van der Waals surface area contributed by atoms with Gasteiger partial charge in [0.25, 0.3) is 0 Å². The molecule has 32 heavy (non-hydrogen) atoms. The lowest BCUT2D eigenvalue weighted by Crippen LogP contribution is -2.34. The number of amides is 1. The van der Waals surface area contributed by atoms with Crippen molar-refractivity contribution in [2.45, 2.75) is 40.3 Å². The van der Waals surface area contributed by atoms with Gasteiger partial charge in [0.1, 0.15) is 5.75 Å². The second-order valence-electron chi connectivity index (χ2n) is 8.70. The van der Waals surface area contributed by atoms with Crippen LogP contribution in [0.3, 0.4) is 0 Å². The molecular formula is C24H28F3N3O2. The number of carbonyl (C=O) groups excluding carboxylic acids is 1. The molecule has 0 aliphatic rings. The molecule has 2 aromatic rings. The zero-order valence-corrected chi connectivity index (χ0v) is 18.7. The fraction of sp³-hybridized carbons (Fsp3) is 0.417. The van der Waals surface area contributed by atoms with Crippen LogP contribution in [-0.2, 0) is 11.0 Å². The Morgan fingerprint density at radius 1 is 1.12 bits per heavy atom. The largest absolute Gasteiger partial charge is 0.494 e. The summed E-state index contributed by atoms with van der Waals surface area (Å²) in [5.41, 5.74) is -0.358. The number of halogens is 3. The lowest BCUT2D eigenvalue weighted by Gasteiger charge is -2.32. The average Bonchev–Trinajstić information content (AvgIpc) is 2.69. The van der Waals surface area contributed by atoms with E-state index in [-0.39, 0.29) is 11.3 Å². The molecule has 0 heterocycles. The Balaban J connectivity index is 2.07. The van der Waals surface area contributed by atoms with E-state index in [1.807, 2.05) is 25.7 Å². The number of alkyl halides is 3. The fourth-order valence-corrected chi connectivity index (χ4v) is 3.20. The first-order valence-corrected chi connectivity index (χ1v) is 10.2. The molecule has 2 rings (SSSR count). The Hall–Kier alpha value is -3.21. The zero-order valence-electron chi connectivity index (χ0n) is 18.7. The summed E-state index contributed by atoms with van der Waals surface area (Å²) in [4.78, 5) is 16.0. The van der Waals surface area contributed by atoms with Gasteiger partial charge in [-0.05, 0) is 48.2 Å². The number of hydrogen-bond acceptors (Lipinski definition) is 3. The number of ether oxygens (including phenoxy) is 1. The van der Waals surface area contributed by atoms with E-state index in [4.69, 9.17) is 11.3 Å². The topological polar surface area (TPSA) is 45.9 Å². The van der Waals surface area contributed by atoms with Crippen LogP contribution in [0.25, 0.3) is 4.85 Å². The summed E-state index contributed by atoms with van der Waals surface area (Å²) in [5, 5.41) is 2.68. The minimum atomic E-state index is -4.59. The monoisotopic (exact) mass is 447 g/mol. The quantitative estimate of drug-likeness (QED) is 0.369. The molecule has 0 aromatic heterocycles. The Bertz CT molecular complexity index is 958. The third-order valence-corrected chi connectivity index (χ3v) is 4.45. The lowest BCUT2D eigenvalue weighted by molar-refractivity contribution is -0.136. The second kappa shape index (κ2) is 10.4. The first kappa shape index (κ1) is 25.1. The van der Waals surface area contributed by atoms with Gasteiger partial charge in [-0.1, -0.05) is 26.8 Å². The predicted octanol–water partition coefficient (Wildman–Crippen LogP) is 6.54. The van der Waals surface area contributed by atoms with E-state index in [1.165, 1.54) is 13.0 Å². The van der Waals surface area contributed by atoms with Crippen LogP contribution >= 0.6 is 0 Å². The van der Waals surface area contributed by atoms with Crippen LogP contribution in [0.4, 0.5) is 30.2 Å². The van der Waals surface area contributed by atoms with E-state index in [9.17, 15) is 18.0 Å². The maximum atomic E-state index is 13.4. The highest BCUT2D eigenvalue weighted by molar-refractivity contribution is 5.88. The van der Waals surface area contributed by atoms with Crippen molar-refractivity contribution in [3.63, 3.8) is 0 Å². The summed E-state index contributed by atoms with van der Waals surface area (Å²) < 4.78 is 46.0. The van der Waals surface area contributed by atoms with E-state index in [0.29, 0.717) is 43.2 Å². The minimum Gasteiger partial charge on any atom is -0.494 e. The molecule has 0 spiro atoms. The summed E-state index contributed by atoms with van der Waals surface area (Å²) in [6.45, 7) is 15.9. The number of hydrogen-bond donors (Lipinski definition) is 1. The van der Waals surface area contributed by atoms with E-state index in [2.05, 4.69) is 10.2 Å². The van der Waals surface area contributed by atoms with E-state index >= 15 is 0 Å². The molecule has 1 N–H and O–H groups in total.